The second kappa shape index (κ2) is 8.74. The molecular weight excluding hydrogens is 427 g/mol. The quantitative estimate of drug-likeness (QED) is 0.300. The number of esters is 1. The number of halogens is 2. The van der Waals surface area contributed by atoms with Crippen LogP contribution in [-0.2, 0) is 9.53 Å². The van der Waals surface area contributed by atoms with Crippen LogP contribution >= 0.6 is 23.2 Å². The van der Waals surface area contributed by atoms with Crippen LogP contribution in [0, 0.1) is 32.1 Å². The van der Waals surface area contributed by atoms with Crippen molar-refractivity contribution in [2.24, 2.45) is 0 Å². The van der Waals surface area contributed by atoms with Crippen molar-refractivity contribution in [1.29, 1.82) is 5.26 Å². The highest BCUT2D eigenvalue weighted by Crippen LogP contribution is 2.32. The predicted molar refractivity (Wildman–Crippen MR) is 112 cm³/mol. The van der Waals surface area contributed by atoms with Gasteiger partial charge in [-0.2, -0.15) is 10.2 Å². The summed E-state index contributed by atoms with van der Waals surface area (Å²) in [7, 11) is 0. The van der Waals surface area contributed by atoms with Gasteiger partial charge in [0.2, 0.25) is 0 Å². The first-order chi connectivity index (χ1) is 14.2. The molecule has 154 valence electrons. The van der Waals surface area contributed by atoms with Crippen molar-refractivity contribution >= 4 is 35.2 Å². The van der Waals surface area contributed by atoms with Gasteiger partial charge in [-0.05, 0) is 57.5 Å². The van der Waals surface area contributed by atoms with Gasteiger partial charge < -0.3 is 13.8 Å². The first-order valence-corrected chi connectivity index (χ1v) is 9.74. The lowest BCUT2D eigenvalue weighted by Gasteiger charge is -2.12. The van der Waals surface area contributed by atoms with Crippen molar-refractivity contribution in [3.63, 3.8) is 0 Å². The van der Waals surface area contributed by atoms with Gasteiger partial charge in [0.05, 0.1) is 15.7 Å². The van der Waals surface area contributed by atoms with Gasteiger partial charge in [-0.25, -0.2) is 4.79 Å². The fourth-order valence-corrected chi connectivity index (χ4v) is 3.39. The molecular formula is C21H18Cl2N4O3. The third-order valence-corrected chi connectivity index (χ3v) is 5.27. The minimum atomic E-state index is -0.786. The molecule has 0 aliphatic carbocycles. The minimum absolute atomic E-state index is 0.157. The molecule has 0 spiro atoms. The van der Waals surface area contributed by atoms with E-state index in [1.807, 2.05) is 36.6 Å². The second-order valence-electron chi connectivity index (χ2n) is 6.63. The Kier molecular flexibility index (Phi) is 6.30. The smallest absolute Gasteiger partial charge is 0.349 e. The highest BCUT2D eigenvalue weighted by molar-refractivity contribution is 6.43. The zero-order valence-corrected chi connectivity index (χ0v) is 18.2. The first kappa shape index (κ1) is 21.6. The standard InChI is InChI=1S/C21H18Cl2N4O3/c1-11-8-15(12(2)27(11)18-7-5-6-17(22)19(18)23)9-16(10-24)21(28)29-13(3)20-25-14(4)26-30-20/h5-9,13H,1-4H3/b16-9+. The molecule has 0 aliphatic heterocycles. The summed E-state index contributed by atoms with van der Waals surface area (Å²) < 4.78 is 12.2. The molecule has 0 aliphatic rings. The number of rotatable bonds is 5. The Morgan fingerprint density at radius 1 is 1.33 bits per heavy atom. The fraction of sp³-hybridized carbons (Fsp3) is 0.238. The van der Waals surface area contributed by atoms with E-state index in [1.54, 1.807) is 26.0 Å². The fourth-order valence-electron chi connectivity index (χ4n) is 3.01. The molecule has 1 unspecified atom stereocenters. The van der Waals surface area contributed by atoms with Crippen molar-refractivity contribution in [2.75, 3.05) is 0 Å². The molecule has 2 heterocycles. The summed E-state index contributed by atoms with van der Waals surface area (Å²) in [4.78, 5) is 16.5. The zero-order chi connectivity index (χ0) is 22.0. The Bertz CT molecular complexity index is 1190. The number of ether oxygens (including phenoxy) is 1. The van der Waals surface area contributed by atoms with Crippen LogP contribution in [0.5, 0.6) is 0 Å². The molecule has 0 amide bonds. The Balaban J connectivity index is 1.92. The van der Waals surface area contributed by atoms with E-state index in [-0.39, 0.29) is 11.5 Å². The average Bonchev–Trinajstić information content (AvgIpc) is 3.25. The van der Waals surface area contributed by atoms with E-state index in [0.717, 1.165) is 11.4 Å². The van der Waals surface area contributed by atoms with Gasteiger partial charge in [0.15, 0.2) is 11.9 Å². The van der Waals surface area contributed by atoms with Crippen LogP contribution in [0.2, 0.25) is 10.0 Å². The van der Waals surface area contributed by atoms with Crippen LogP contribution in [-0.4, -0.2) is 20.7 Å². The topological polar surface area (TPSA) is 93.9 Å². The van der Waals surface area contributed by atoms with E-state index in [1.165, 1.54) is 6.08 Å². The van der Waals surface area contributed by atoms with Crippen molar-refractivity contribution < 1.29 is 14.1 Å². The molecule has 9 heteroatoms. The molecule has 3 rings (SSSR count). The molecule has 1 aromatic carbocycles. The lowest BCUT2D eigenvalue weighted by molar-refractivity contribution is -0.144. The van der Waals surface area contributed by atoms with E-state index in [0.29, 0.717) is 27.1 Å². The Morgan fingerprint density at radius 2 is 2.07 bits per heavy atom. The Labute approximate surface area is 183 Å². The van der Waals surface area contributed by atoms with Crippen molar-refractivity contribution in [1.82, 2.24) is 14.7 Å². The highest BCUT2D eigenvalue weighted by atomic mass is 35.5. The number of carbonyl (C=O) groups excluding carboxylic acids is 1. The average molecular weight is 445 g/mol. The number of hydrogen-bond donors (Lipinski definition) is 0. The Hall–Kier alpha value is -3.08. The number of carbonyl (C=O) groups is 1. The Morgan fingerprint density at radius 3 is 2.70 bits per heavy atom. The maximum Gasteiger partial charge on any atom is 0.349 e. The molecule has 0 bridgehead atoms. The van der Waals surface area contributed by atoms with Crippen LogP contribution in [0.4, 0.5) is 0 Å². The number of hydrogen-bond acceptors (Lipinski definition) is 6. The molecule has 0 fully saturated rings. The third kappa shape index (κ3) is 4.25. The van der Waals surface area contributed by atoms with Crippen LogP contribution in [0.3, 0.4) is 0 Å². The molecule has 0 saturated carbocycles. The van der Waals surface area contributed by atoms with Crippen molar-refractivity contribution in [3.05, 3.63) is 68.6 Å². The van der Waals surface area contributed by atoms with E-state index in [4.69, 9.17) is 32.5 Å². The summed E-state index contributed by atoms with van der Waals surface area (Å²) in [6.07, 6.45) is 0.693. The third-order valence-electron chi connectivity index (χ3n) is 4.46. The van der Waals surface area contributed by atoms with Crippen LogP contribution < -0.4 is 0 Å². The maximum atomic E-state index is 12.5. The summed E-state index contributed by atoms with van der Waals surface area (Å²) in [5, 5.41) is 14.0. The van der Waals surface area contributed by atoms with E-state index in [9.17, 15) is 10.1 Å². The molecule has 1 atom stereocenters. The minimum Gasteiger partial charge on any atom is -0.448 e. The lowest BCUT2D eigenvalue weighted by atomic mass is 10.1. The van der Waals surface area contributed by atoms with Gasteiger partial charge >= 0.3 is 5.97 Å². The number of aryl methyl sites for hydroxylation is 2. The molecule has 7 nitrogen and oxygen atoms in total. The first-order valence-electron chi connectivity index (χ1n) is 8.99. The normalized spacial score (nSPS) is 12.5. The van der Waals surface area contributed by atoms with Crippen LogP contribution in [0.25, 0.3) is 11.8 Å². The monoisotopic (exact) mass is 444 g/mol. The summed E-state index contributed by atoms with van der Waals surface area (Å²) in [6, 6.07) is 9.09. The van der Waals surface area contributed by atoms with Gasteiger partial charge in [0.1, 0.15) is 11.6 Å². The van der Waals surface area contributed by atoms with Crippen LogP contribution in [0.1, 0.15) is 41.7 Å². The molecule has 0 saturated heterocycles. The largest absolute Gasteiger partial charge is 0.448 e. The summed E-state index contributed by atoms with van der Waals surface area (Å²) in [5.74, 6) is -0.200. The molecule has 0 radical (unpaired) electrons. The summed E-state index contributed by atoms with van der Waals surface area (Å²) >= 11 is 12.5. The predicted octanol–water partition coefficient (Wildman–Crippen LogP) is 5.30. The molecule has 2 aromatic heterocycles. The van der Waals surface area contributed by atoms with E-state index >= 15 is 0 Å². The van der Waals surface area contributed by atoms with Gasteiger partial charge in [0, 0.05) is 11.4 Å². The highest BCUT2D eigenvalue weighted by Gasteiger charge is 2.21. The summed E-state index contributed by atoms with van der Waals surface area (Å²) in [6.45, 7) is 7.00. The molecule has 3 aromatic rings. The van der Waals surface area contributed by atoms with Gasteiger partial charge in [-0.3, -0.25) is 0 Å². The van der Waals surface area contributed by atoms with Gasteiger partial charge in [-0.1, -0.05) is 34.4 Å². The van der Waals surface area contributed by atoms with Crippen molar-refractivity contribution in [3.8, 4) is 11.8 Å². The van der Waals surface area contributed by atoms with Gasteiger partial charge in [0.25, 0.3) is 5.89 Å². The zero-order valence-electron chi connectivity index (χ0n) is 16.7. The second-order valence-corrected chi connectivity index (χ2v) is 7.42. The maximum absolute atomic E-state index is 12.5. The van der Waals surface area contributed by atoms with E-state index in [2.05, 4.69) is 10.1 Å². The van der Waals surface area contributed by atoms with Gasteiger partial charge in [-0.15, -0.1) is 0 Å². The van der Waals surface area contributed by atoms with Crippen LogP contribution in [0.15, 0.2) is 34.4 Å². The number of aromatic nitrogens is 3. The molecule has 30 heavy (non-hydrogen) atoms. The SMILES string of the molecule is Cc1noc(C(C)OC(=O)/C(C#N)=C/c2cc(C)n(-c3cccc(Cl)c3Cl)c2C)n1. The molecule has 0 N–H and O–H groups in total. The summed E-state index contributed by atoms with van der Waals surface area (Å²) in [5.41, 5.74) is 2.88. The van der Waals surface area contributed by atoms with E-state index < -0.39 is 12.1 Å². The number of nitrogens with zero attached hydrogens (tertiary/aromatic N) is 4. The van der Waals surface area contributed by atoms with Crippen molar-refractivity contribution in [2.45, 2.75) is 33.8 Å². The number of nitriles is 1. The number of benzene rings is 1. The lowest BCUT2D eigenvalue weighted by Crippen LogP contribution is -2.11.